The van der Waals surface area contributed by atoms with E-state index in [1.165, 1.54) is 13.2 Å². The van der Waals surface area contributed by atoms with Crippen molar-refractivity contribution in [2.75, 3.05) is 24.1 Å². The van der Waals surface area contributed by atoms with Crippen LogP contribution in [0.3, 0.4) is 0 Å². The van der Waals surface area contributed by atoms with Crippen LogP contribution in [0.2, 0.25) is 0 Å². The Morgan fingerprint density at radius 2 is 2.22 bits per heavy atom. The van der Waals surface area contributed by atoms with E-state index < -0.39 is 10.0 Å². The van der Waals surface area contributed by atoms with Gasteiger partial charge in [-0.05, 0) is 25.1 Å². The molecule has 0 heterocycles. The summed E-state index contributed by atoms with van der Waals surface area (Å²) in [6.45, 7) is 0.290. The Morgan fingerprint density at radius 3 is 2.78 bits per heavy atom. The van der Waals surface area contributed by atoms with E-state index in [0.29, 0.717) is 12.2 Å². The van der Waals surface area contributed by atoms with E-state index in [4.69, 9.17) is 15.7 Å². The molecule has 1 aromatic carbocycles. The number of hydrogen-bond donors (Lipinski definition) is 2. The molecule has 6 nitrogen and oxygen atoms in total. The van der Waals surface area contributed by atoms with Gasteiger partial charge in [0.25, 0.3) is 0 Å². The van der Waals surface area contributed by atoms with E-state index in [0.717, 1.165) is 0 Å². The molecule has 0 spiro atoms. The number of ether oxygens (including phenoxy) is 1. The van der Waals surface area contributed by atoms with E-state index in [-0.39, 0.29) is 23.5 Å². The van der Waals surface area contributed by atoms with Crippen molar-refractivity contribution in [3.05, 3.63) is 23.8 Å². The molecule has 0 unspecified atom stereocenters. The fourth-order valence-electron chi connectivity index (χ4n) is 1.38. The van der Waals surface area contributed by atoms with Crippen molar-refractivity contribution in [3.8, 4) is 11.8 Å². The van der Waals surface area contributed by atoms with E-state index in [9.17, 15) is 8.42 Å². The fraction of sp³-hybridized carbons (Fsp3) is 0.364. The standard InChI is InChI=1S/C11H15N3O3S/c1-17-10-5-2-4-9(8-13)11(10)14-18(15,16)7-3-6-12/h2,4-5,14H,3,6-7,12H2,1H3. The molecule has 3 N–H and O–H groups in total. The Kier molecular flexibility index (Phi) is 4.95. The average molecular weight is 269 g/mol. The number of hydrogen-bond acceptors (Lipinski definition) is 5. The summed E-state index contributed by atoms with van der Waals surface area (Å²) in [7, 11) is -2.11. The van der Waals surface area contributed by atoms with Gasteiger partial charge in [-0.15, -0.1) is 0 Å². The minimum absolute atomic E-state index is 0.0909. The molecule has 0 aliphatic rings. The lowest BCUT2D eigenvalue weighted by Gasteiger charge is -2.12. The molecular weight excluding hydrogens is 254 g/mol. The van der Waals surface area contributed by atoms with Gasteiger partial charge in [-0.25, -0.2) is 8.42 Å². The largest absolute Gasteiger partial charge is 0.495 e. The Hall–Kier alpha value is -1.78. The number of sulfonamides is 1. The monoisotopic (exact) mass is 269 g/mol. The molecule has 0 aliphatic carbocycles. The van der Waals surface area contributed by atoms with Gasteiger partial charge in [0.05, 0.1) is 18.4 Å². The van der Waals surface area contributed by atoms with Crippen molar-refractivity contribution in [2.24, 2.45) is 5.73 Å². The van der Waals surface area contributed by atoms with E-state index in [2.05, 4.69) is 4.72 Å². The number of benzene rings is 1. The van der Waals surface area contributed by atoms with Gasteiger partial charge in [-0.3, -0.25) is 4.72 Å². The van der Waals surface area contributed by atoms with Gasteiger partial charge in [0, 0.05) is 0 Å². The third kappa shape index (κ3) is 3.61. The maximum Gasteiger partial charge on any atom is 0.232 e. The van der Waals surface area contributed by atoms with Crippen LogP contribution >= 0.6 is 0 Å². The van der Waals surface area contributed by atoms with Crippen molar-refractivity contribution in [2.45, 2.75) is 6.42 Å². The second-order valence-corrected chi connectivity index (χ2v) is 5.40. The van der Waals surface area contributed by atoms with Crippen LogP contribution in [0, 0.1) is 11.3 Å². The maximum absolute atomic E-state index is 11.8. The highest BCUT2D eigenvalue weighted by atomic mass is 32.2. The van der Waals surface area contributed by atoms with E-state index in [1.807, 2.05) is 6.07 Å². The third-order valence-corrected chi connectivity index (χ3v) is 3.58. The summed E-state index contributed by atoms with van der Waals surface area (Å²) in [6.07, 6.45) is 0.354. The Bertz CT molecular complexity index is 549. The molecule has 0 fully saturated rings. The third-order valence-electron chi connectivity index (χ3n) is 2.24. The summed E-state index contributed by atoms with van der Waals surface area (Å²) in [5, 5.41) is 8.95. The molecule has 0 saturated carbocycles. The van der Waals surface area contributed by atoms with Crippen LogP contribution in [0.15, 0.2) is 18.2 Å². The molecule has 1 rings (SSSR count). The van der Waals surface area contributed by atoms with Crippen LogP contribution in [0.5, 0.6) is 5.75 Å². The highest BCUT2D eigenvalue weighted by Crippen LogP contribution is 2.28. The molecule has 0 saturated heterocycles. The van der Waals surface area contributed by atoms with E-state index >= 15 is 0 Å². The van der Waals surface area contributed by atoms with Crippen LogP contribution in [-0.4, -0.2) is 27.8 Å². The molecule has 1 aromatic rings. The molecule has 18 heavy (non-hydrogen) atoms. The lowest BCUT2D eigenvalue weighted by atomic mass is 10.2. The summed E-state index contributed by atoms with van der Waals surface area (Å²) in [5.41, 5.74) is 5.65. The molecule has 7 heteroatoms. The van der Waals surface area contributed by atoms with Gasteiger partial charge in [0.1, 0.15) is 17.5 Å². The quantitative estimate of drug-likeness (QED) is 0.789. The molecule has 0 bridgehead atoms. The number of nitrogens with two attached hydrogens (primary N) is 1. The van der Waals surface area contributed by atoms with Gasteiger partial charge < -0.3 is 10.5 Å². The van der Waals surface area contributed by atoms with Crippen molar-refractivity contribution in [1.29, 1.82) is 5.26 Å². The fourth-order valence-corrected chi connectivity index (χ4v) is 2.55. The maximum atomic E-state index is 11.8. The number of nitriles is 1. The van der Waals surface area contributed by atoms with Gasteiger partial charge in [-0.1, -0.05) is 6.07 Å². The summed E-state index contributed by atoms with van der Waals surface area (Å²) in [4.78, 5) is 0. The van der Waals surface area contributed by atoms with Crippen molar-refractivity contribution in [1.82, 2.24) is 0 Å². The van der Waals surface area contributed by atoms with Gasteiger partial charge >= 0.3 is 0 Å². The second kappa shape index (κ2) is 6.23. The Morgan fingerprint density at radius 1 is 1.50 bits per heavy atom. The summed E-state index contributed by atoms with van der Waals surface area (Å²) >= 11 is 0. The number of anilines is 1. The second-order valence-electron chi connectivity index (χ2n) is 3.56. The van der Waals surface area contributed by atoms with Crippen LogP contribution in [0.4, 0.5) is 5.69 Å². The van der Waals surface area contributed by atoms with Gasteiger partial charge in [0.15, 0.2) is 0 Å². The van der Waals surface area contributed by atoms with Crippen molar-refractivity contribution in [3.63, 3.8) is 0 Å². The number of nitrogens with one attached hydrogen (secondary N) is 1. The molecule has 0 aromatic heterocycles. The van der Waals surface area contributed by atoms with Crippen LogP contribution in [-0.2, 0) is 10.0 Å². The van der Waals surface area contributed by atoms with Gasteiger partial charge in [-0.2, -0.15) is 5.26 Å². The Labute approximate surface area is 106 Å². The molecule has 98 valence electrons. The number of para-hydroxylation sites is 1. The smallest absolute Gasteiger partial charge is 0.232 e. The van der Waals surface area contributed by atoms with E-state index in [1.54, 1.807) is 12.1 Å². The highest BCUT2D eigenvalue weighted by Gasteiger charge is 2.16. The average Bonchev–Trinajstić information content (AvgIpc) is 2.36. The summed E-state index contributed by atoms with van der Waals surface area (Å²) in [5.74, 6) is 0.220. The van der Waals surface area contributed by atoms with Crippen LogP contribution in [0.25, 0.3) is 0 Å². The molecule has 0 amide bonds. The predicted molar refractivity (Wildman–Crippen MR) is 68.8 cm³/mol. The zero-order valence-corrected chi connectivity index (χ0v) is 10.8. The normalized spacial score (nSPS) is 10.7. The van der Waals surface area contributed by atoms with Crippen LogP contribution < -0.4 is 15.2 Å². The topological polar surface area (TPSA) is 105 Å². The highest BCUT2D eigenvalue weighted by molar-refractivity contribution is 7.92. The van der Waals surface area contributed by atoms with Gasteiger partial charge in [0.2, 0.25) is 10.0 Å². The SMILES string of the molecule is COc1cccc(C#N)c1NS(=O)(=O)CCCN. The molecule has 0 radical (unpaired) electrons. The minimum atomic E-state index is -3.52. The number of methoxy groups -OCH3 is 1. The lowest BCUT2D eigenvalue weighted by Crippen LogP contribution is -2.20. The minimum Gasteiger partial charge on any atom is -0.495 e. The predicted octanol–water partition coefficient (Wildman–Crippen LogP) is 0.657. The van der Waals surface area contributed by atoms with Crippen LogP contribution in [0.1, 0.15) is 12.0 Å². The first-order chi connectivity index (χ1) is 8.54. The Balaban J connectivity index is 3.07. The zero-order chi connectivity index (χ0) is 13.6. The van der Waals surface area contributed by atoms with Crippen molar-refractivity contribution >= 4 is 15.7 Å². The first-order valence-electron chi connectivity index (χ1n) is 5.31. The molecular formula is C11H15N3O3S. The first-order valence-corrected chi connectivity index (χ1v) is 6.97. The molecule has 0 aliphatic heterocycles. The summed E-state index contributed by atoms with van der Waals surface area (Å²) in [6, 6.07) is 6.64. The number of rotatable bonds is 6. The first kappa shape index (κ1) is 14.3. The zero-order valence-electron chi connectivity index (χ0n) is 10.0. The number of nitrogens with zero attached hydrogens (tertiary/aromatic N) is 1. The lowest BCUT2D eigenvalue weighted by molar-refractivity contribution is 0.416. The molecule has 0 atom stereocenters. The van der Waals surface area contributed by atoms with Crippen molar-refractivity contribution < 1.29 is 13.2 Å². The summed E-state index contributed by atoms with van der Waals surface area (Å²) < 4.78 is 30.9.